The van der Waals surface area contributed by atoms with Gasteiger partial charge in [-0.1, -0.05) is 17.7 Å². The van der Waals surface area contributed by atoms with E-state index in [1.165, 1.54) is 13.2 Å². The van der Waals surface area contributed by atoms with Crippen LogP contribution < -0.4 is 20.7 Å². The summed E-state index contributed by atoms with van der Waals surface area (Å²) in [5, 5.41) is 8.34. The highest BCUT2D eigenvalue weighted by atomic mass is 32.1. The van der Waals surface area contributed by atoms with Crippen LogP contribution in [0, 0.1) is 6.92 Å². The van der Waals surface area contributed by atoms with Crippen molar-refractivity contribution in [2.24, 2.45) is 0 Å². The van der Waals surface area contributed by atoms with Crippen molar-refractivity contribution in [3.05, 3.63) is 89.0 Å². The Bertz CT molecular complexity index is 1240. The standard InChI is InChI=1S/C26H25N3O5S/c1-4-34-25(32)18-9-11-19(12-10-18)28-26(35)29-24(31)21-14-13-20(15-22(21)33-3)27-23(30)17-7-5-16(2)6-8-17/h5-15H,4H2,1-3H3,(H,27,30)(H2,28,29,31,35). The molecule has 35 heavy (non-hydrogen) atoms. The molecule has 0 saturated carbocycles. The Balaban J connectivity index is 1.63. The van der Waals surface area contributed by atoms with Gasteiger partial charge in [-0.25, -0.2) is 4.79 Å². The second kappa shape index (κ2) is 11.8. The van der Waals surface area contributed by atoms with Gasteiger partial charge < -0.3 is 20.1 Å². The quantitative estimate of drug-likeness (QED) is 0.329. The van der Waals surface area contributed by atoms with Crippen LogP contribution in [0.1, 0.15) is 43.6 Å². The fourth-order valence-corrected chi connectivity index (χ4v) is 3.31. The second-order valence-corrected chi connectivity index (χ2v) is 7.85. The van der Waals surface area contributed by atoms with Crippen LogP contribution >= 0.6 is 12.2 Å². The van der Waals surface area contributed by atoms with Crippen molar-refractivity contribution in [2.45, 2.75) is 13.8 Å². The van der Waals surface area contributed by atoms with E-state index in [1.54, 1.807) is 55.5 Å². The van der Waals surface area contributed by atoms with E-state index in [4.69, 9.17) is 21.7 Å². The van der Waals surface area contributed by atoms with Gasteiger partial charge in [0.25, 0.3) is 11.8 Å². The summed E-state index contributed by atoms with van der Waals surface area (Å²) in [6.45, 7) is 3.97. The van der Waals surface area contributed by atoms with Crippen molar-refractivity contribution in [3.63, 3.8) is 0 Å². The maximum Gasteiger partial charge on any atom is 0.338 e. The molecule has 9 heteroatoms. The molecule has 0 aliphatic heterocycles. The number of benzene rings is 3. The number of thiocarbonyl (C=S) groups is 1. The minimum absolute atomic E-state index is 0.0673. The molecule has 0 atom stereocenters. The third-order valence-electron chi connectivity index (χ3n) is 4.90. The zero-order valence-corrected chi connectivity index (χ0v) is 20.3. The number of esters is 1. The molecule has 0 aliphatic rings. The fraction of sp³-hybridized carbons (Fsp3) is 0.154. The fourth-order valence-electron chi connectivity index (χ4n) is 3.10. The molecule has 3 aromatic carbocycles. The van der Waals surface area contributed by atoms with E-state index in [9.17, 15) is 14.4 Å². The predicted molar refractivity (Wildman–Crippen MR) is 138 cm³/mol. The lowest BCUT2D eigenvalue weighted by molar-refractivity contribution is 0.0526. The highest BCUT2D eigenvalue weighted by molar-refractivity contribution is 7.80. The summed E-state index contributed by atoms with van der Waals surface area (Å²) in [6, 6.07) is 18.4. The van der Waals surface area contributed by atoms with Crippen LogP contribution in [0.4, 0.5) is 11.4 Å². The molecule has 0 saturated heterocycles. The van der Waals surface area contributed by atoms with Crippen LogP contribution in [0.15, 0.2) is 66.7 Å². The Labute approximate surface area is 208 Å². The third-order valence-corrected chi connectivity index (χ3v) is 5.10. The van der Waals surface area contributed by atoms with Crippen LogP contribution in [0.3, 0.4) is 0 Å². The number of anilines is 2. The van der Waals surface area contributed by atoms with Crippen LogP contribution in [-0.2, 0) is 4.74 Å². The van der Waals surface area contributed by atoms with E-state index < -0.39 is 11.9 Å². The molecule has 0 unspecified atom stereocenters. The summed E-state index contributed by atoms with van der Waals surface area (Å²) in [5.74, 6) is -0.908. The molecule has 2 amide bonds. The smallest absolute Gasteiger partial charge is 0.338 e. The highest BCUT2D eigenvalue weighted by Gasteiger charge is 2.16. The Kier molecular flexibility index (Phi) is 8.53. The number of methoxy groups -OCH3 is 1. The highest BCUT2D eigenvalue weighted by Crippen LogP contribution is 2.24. The Morgan fingerprint density at radius 2 is 1.46 bits per heavy atom. The summed E-state index contributed by atoms with van der Waals surface area (Å²) < 4.78 is 10.3. The van der Waals surface area contributed by atoms with Crippen molar-refractivity contribution in [2.75, 3.05) is 24.4 Å². The number of ether oxygens (including phenoxy) is 2. The molecule has 0 fully saturated rings. The molecule has 0 radical (unpaired) electrons. The molecule has 3 N–H and O–H groups in total. The first-order valence-electron chi connectivity index (χ1n) is 10.8. The molecule has 0 heterocycles. The Morgan fingerprint density at radius 3 is 2.09 bits per heavy atom. The second-order valence-electron chi connectivity index (χ2n) is 7.44. The molecule has 180 valence electrons. The van der Waals surface area contributed by atoms with Gasteiger partial charge in [0.1, 0.15) is 5.75 Å². The maximum atomic E-state index is 12.8. The SMILES string of the molecule is CCOC(=O)c1ccc(NC(=S)NC(=O)c2ccc(NC(=O)c3ccc(C)cc3)cc2OC)cc1. The van der Waals surface area contributed by atoms with E-state index in [1.807, 2.05) is 19.1 Å². The lowest BCUT2D eigenvalue weighted by atomic mass is 10.1. The normalized spacial score (nSPS) is 10.1. The third kappa shape index (κ3) is 6.87. The van der Waals surface area contributed by atoms with Crippen LogP contribution in [-0.4, -0.2) is 36.6 Å². The van der Waals surface area contributed by atoms with Crippen molar-refractivity contribution < 1.29 is 23.9 Å². The summed E-state index contributed by atoms with van der Waals surface area (Å²) >= 11 is 5.23. The predicted octanol–water partition coefficient (Wildman–Crippen LogP) is 4.56. The van der Waals surface area contributed by atoms with E-state index in [0.717, 1.165) is 5.56 Å². The zero-order chi connectivity index (χ0) is 25.4. The number of rotatable bonds is 7. The average molecular weight is 492 g/mol. The first-order chi connectivity index (χ1) is 16.8. The van der Waals surface area contributed by atoms with Gasteiger partial charge in [-0.2, -0.15) is 0 Å². The maximum absolute atomic E-state index is 12.8. The van der Waals surface area contributed by atoms with Crippen molar-refractivity contribution in [1.29, 1.82) is 0 Å². The summed E-state index contributed by atoms with van der Waals surface area (Å²) in [4.78, 5) is 37.0. The van der Waals surface area contributed by atoms with Gasteiger partial charge in [-0.3, -0.25) is 14.9 Å². The number of carbonyl (C=O) groups excluding carboxylic acids is 3. The van der Waals surface area contributed by atoms with Gasteiger partial charge in [0, 0.05) is 23.0 Å². The van der Waals surface area contributed by atoms with Gasteiger partial charge in [0.05, 0.1) is 24.8 Å². The lowest BCUT2D eigenvalue weighted by Gasteiger charge is -2.13. The molecular formula is C26H25N3O5S. The molecule has 0 aliphatic carbocycles. The first kappa shape index (κ1) is 25.4. The Morgan fingerprint density at radius 1 is 0.829 bits per heavy atom. The number of hydrogen-bond donors (Lipinski definition) is 3. The van der Waals surface area contributed by atoms with Crippen molar-refractivity contribution in [3.8, 4) is 5.75 Å². The van der Waals surface area contributed by atoms with Crippen LogP contribution in [0.5, 0.6) is 5.75 Å². The minimum atomic E-state index is -0.487. The van der Waals surface area contributed by atoms with Crippen LogP contribution in [0.25, 0.3) is 0 Å². The number of nitrogens with one attached hydrogen (secondary N) is 3. The van der Waals surface area contributed by atoms with E-state index in [2.05, 4.69) is 16.0 Å². The number of aryl methyl sites for hydroxylation is 1. The van der Waals surface area contributed by atoms with E-state index in [0.29, 0.717) is 29.1 Å². The molecule has 0 aromatic heterocycles. The monoisotopic (exact) mass is 491 g/mol. The molecule has 3 aromatic rings. The van der Waals surface area contributed by atoms with E-state index >= 15 is 0 Å². The van der Waals surface area contributed by atoms with Crippen molar-refractivity contribution >= 4 is 46.5 Å². The van der Waals surface area contributed by atoms with Gasteiger partial charge >= 0.3 is 5.97 Å². The van der Waals surface area contributed by atoms with Gasteiger partial charge in [-0.15, -0.1) is 0 Å². The number of carbonyl (C=O) groups is 3. The summed E-state index contributed by atoms with van der Waals surface area (Å²) in [5.41, 5.74) is 3.29. The molecular weight excluding hydrogens is 466 g/mol. The zero-order valence-electron chi connectivity index (χ0n) is 19.5. The van der Waals surface area contributed by atoms with Gasteiger partial charge in [-0.05, 0) is 74.6 Å². The minimum Gasteiger partial charge on any atom is -0.496 e. The topological polar surface area (TPSA) is 106 Å². The number of hydrogen-bond acceptors (Lipinski definition) is 6. The average Bonchev–Trinajstić information content (AvgIpc) is 2.84. The molecule has 3 rings (SSSR count). The van der Waals surface area contributed by atoms with Gasteiger partial charge in [0.15, 0.2) is 5.11 Å². The van der Waals surface area contributed by atoms with Crippen LogP contribution in [0.2, 0.25) is 0 Å². The van der Waals surface area contributed by atoms with E-state index in [-0.39, 0.29) is 22.3 Å². The molecule has 0 bridgehead atoms. The lowest BCUT2D eigenvalue weighted by Crippen LogP contribution is -2.34. The summed E-state index contributed by atoms with van der Waals surface area (Å²) in [6.07, 6.45) is 0. The largest absolute Gasteiger partial charge is 0.496 e. The van der Waals surface area contributed by atoms with Crippen molar-refractivity contribution in [1.82, 2.24) is 5.32 Å². The van der Waals surface area contributed by atoms with Gasteiger partial charge in [0.2, 0.25) is 0 Å². The molecule has 0 spiro atoms. The molecule has 8 nitrogen and oxygen atoms in total. The first-order valence-corrected chi connectivity index (χ1v) is 11.2. The summed E-state index contributed by atoms with van der Waals surface area (Å²) in [7, 11) is 1.43. The Hall–Kier alpha value is -4.24. The number of amides is 2.